The molecule has 1 N–H and O–H groups in total. The number of rotatable bonds is 5. The molecule has 1 aromatic carbocycles. The number of nitrogens with one attached hydrogen (secondary N) is 1. The van der Waals surface area contributed by atoms with Crippen LogP contribution in [0.15, 0.2) is 18.2 Å². The maximum Gasteiger partial charge on any atom is 0.161 e. The van der Waals surface area contributed by atoms with E-state index in [2.05, 4.69) is 30.4 Å². The van der Waals surface area contributed by atoms with Crippen LogP contribution in [0.25, 0.3) is 0 Å². The molecule has 1 atom stereocenters. The molecule has 3 heteroatoms. The van der Waals surface area contributed by atoms with E-state index in [1.54, 1.807) is 0 Å². The van der Waals surface area contributed by atoms with Crippen LogP contribution in [0.2, 0.25) is 0 Å². The molecule has 1 aromatic rings. The summed E-state index contributed by atoms with van der Waals surface area (Å²) in [6.07, 6.45) is 6.61. The second kappa shape index (κ2) is 6.49. The molecule has 0 bridgehead atoms. The van der Waals surface area contributed by atoms with E-state index in [9.17, 15) is 0 Å². The van der Waals surface area contributed by atoms with Gasteiger partial charge in [-0.25, -0.2) is 0 Å². The number of benzene rings is 1. The Morgan fingerprint density at radius 3 is 2.65 bits per heavy atom. The number of hydrogen-bond acceptors (Lipinski definition) is 3. The van der Waals surface area contributed by atoms with E-state index in [1.807, 2.05) is 0 Å². The Bertz CT molecular complexity index is 441. The fourth-order valence-corrected chi connectivity index (χ4v) is 3.40. The van der Waals surface area contributed by atoms with Gasteiger partial charge in [-0.3, -0.25) is 0 Å². The first-order chi connectivity index (χ1) is 9.88. The van der Waals surface area contributed by atoms with E-state index in [-0.39, 0.29) is 0 Å². The number of fused-ring (bicyclic) bond motifs is 1. The molecule has 0 saturated heterocycles. The minimum atomic E-state index is 0.466. The summed E-state index contributed by atoms with van der Waals surface area (Å²) >= 11 is 0. The highest BCUT2D eigenvalue weighted by atomic mass is 16.6. The van der Waals surface area contributed by atoms with Gasteiger partial charge in [0, 0.05) is 6.04 Å². The summed E-state index contributed by atoms with van der Waals surface area (Å²) in [5.74, 6) is 2.57. The maximum absolute atomic E-state index is 5.73. The van der Waals surface area contributed by atoms with Gasteiger partial charge < -0.3 is 14.8 Å². The Labute approximate surface area is 121 Å². The standard InChI is InChI=1S/C17H25NO2/c1-2-9-18-17(13-5-3-4-6-13)14-7-8-15-16(12-14)20-11-10-19-15/h7-8,12-13,17-18H,2-6,9-11H2,1H3. The van der Waals surface area contributed by atoms with Crippen molar-refractivity contribution in [2.45, 2.75) is 45.1 Å². The predicted octanol–water partition coefficient (Wildman–Crippen LogP) is 3.69. The molecule has 110 valence electrons. The zero-order valence-corrected chi connectivity index (χ0v) is 12.4. The Hall–Kier alpha value is -1.22. The van der Waals surface area contributed by atoms with Crippen molar-refractivity contribution in [1.82, 2.24) is 5.32 Å². The third-order valence-electron chi connectivity index (χ3n) is 4.41. The van der Waals surface area contributed by atoms with Crippen LogP contribution in [0.4, 0.5) is 0 Å². The van der Waals surface area contributed by atoms with Gasteiger partial charge in [-0.2, -0.15) is 0 Å². The summed E-state index contributed by atoms with van der Waals surface area (Å²) in [7, 11) is 0. The highest BCUT2D eigenvalue weighted by Gasteiger charge is 2.27. The van der Waals surface area contributed by atoms with E-state index < -0.39 is 0 Å². The monoisotopic (exact) mass is 275 g/mol. The lowest BCUT2D eigenvalue weighted by atomic mass is 9.91. The minimum Gasteiger partial charge on any atom is -0.486 e. The first kappa shape index (κ1) is 13.7. The van der Waals surface area contributed by atoms with Crippen molar-refractivity contribution in [3.05, 3.63) is 23.8 Å². The SMILES string of the molecule is CCCNC(c1ccc2c(c1)OCCO2)C1CCCC1. The van der Waals surface area contributed by atoms with Crippen LogP contribution in [0, 0.1) is 5.92 Å². The molecule has 1 fully saturated rings. The van der Waals surface area contributed by atoms with E-state index in [0.717, 1.165) is 24.0 Å². The average Bonchev–Trinajstić information content (AvgIpc) is 3.02. The van der Waals surface area contributed by atoms with Gasteiger partial charge in [0.05, 0.1) is 0 Å². The fourth-order valence-electron chi connectivity index (χ4n) is 3.40. The quantitative estimate of drug-likeness (QED) is 0.889. The van der Waals surface area contributed by atoms with Gasteiger partial charge in [-0.15, -0.1) is 0 Å². The molecule has 0 amide bonds. The van der Waals surface area contributed by atoms with Crippen LogP contribution in [0.1, 0.15) is 50.6 Å². The van der Waals surface area contributed by atoms with Crippen LogP contribution >= 0.6 is 0 Å². The first-order valence-electron chi connectivity index (χ1n) is 8.01. The van der Waals surface area contributed by atoms with Crippen molar-refractivity contribution in [1.29, 1.82) is 0 Å². The predicted molar refractivity (Wildman–Crippen MR) is 80.4 cm³/mol. The van der Waals surface area contributed by atoms with Gasteiger partial charge in [0.15, 0.2) is 11.5 Å². The van der Waals surface area contributed by atoms with Crippen molar-refractivity contribution < 1.29 is 9.47 Å². The Kier molecular flexibility index (Phi) is 4.46. The third kappa shape index (κ3) is 2.93. The molecule has 1 unspecified atom stereocenters. The van der Waals surface area contributed by atoms with Gasteiger partial charge in [-0.05, 0) is 49.4 Å². The van der Waals surface area contributed by atoms with E-state index in [1.165, 1.54) is 37.7 Å². The highest BCUT2D eigenvalue weighted by Crippen LogP contribution is 2.39. The molecule has 20 heavy (non-hydrogen) atoms. The fraction of sp³-hybridized carbons (Fsp3) is 0.647. The van der Waals surface area contributed by atoms with E-state index in [4.69, 9.17) is 9.47 Å². The van der Waals surface area contributed by atoms with Crippen LogP contribution in [0.3, 0.4) is 0 Å². The number of hydrogen-bond donors (Lipinski definition) is 1. The zero-order chi connectivity index (χ0) is 13.8. The van der Waals surface area contributed by atoms with Crippen molar-refractivity contribution in [3.63, 3.8) is 0 Å². The second-order valence-electron chi connectivity index (χ2n) is 5.88. The average molecular weight is 275 g/mol. The lowest BCUT2D eigenvalue weighted by Gasteiger charge is -2.27. The van der Waals surface area contributed by atoms with Gasteiger partial charge in [0.1, 0.15) is 13.2 Å². The number of ether oxygens (including phenoxy) is 2. The van der Waals surface area contributed by atoms with E-state index >= 15 is 0 Å². The molecule has 3 rings (SSSR count). The Balaban J connectivity index is 1.81. The van der Waals surface area contributed by atoms with Crippen molar-refractivity contribution in [3.8, 4) is 11.5 Å². The molecule has 1 aliphatic carbocycles. The highest BCUT2D eigenvalue weighted by molar-refractivity contribution is 5.44. The third-order valence-corrected chi connectivity index (χ3v) is 4.41. The zero-order valence-electron chi connectivity index (χ0n) is 12.4. The Morgan fingerprint density at radius 1 is 1.15 bits per heavy atom. The second-order valence-corrected chi connectivity index (χ2v) is 5.88. The molecule has 0 aromatic heterocycles. The summed E-state index contributed by atoms with van der Waals surface area (Å²) in [6, 6.07) is 6.92. The normalized spacial score (nSPS) is 20.1. The topological polar surface area (TPSA) is 30.5 Å². The van der Waals surface area contributed by atoms with Crippen LogP contribution in [-0.2, 0) is 0 Å². The van der Waals surface area contributed by atoms with Gasteiger partial charge in [0.25, 0.3) is 0 Å². The van der Waals surface area contributed by atoms with Crippen molar-refractivity contribution >= 4 is 0 Å². The van der Waals surface area contributed by atoms with Gasteiger partial charge >= 0.3 is 0 Å². The van der Waals surface area contributed by atoms with Crippen LogP contribution in [-0.4, -0.2) is 19.8 Å². The molecule has 3 nitrogen and oxygen atoms in total. The van der Waals surface area contributed by atoms with Gasteiger partial charge in [0.2, 0.25) is 0 Å². The molecular weight excluding hydrogens is 250 g/mol. The molecule has 0 spiro atoms. The van der Waals surface area contributed by atoms with Crippen LogP contribution in [0.5, 0.6) is 11.5 Å². The van der Waals surface area contributed by atoms with Crippen molar-refractivity contribution in [2.24, 2.45) is 5.92 Å². The molecule has 0 radical (unpaired) electrons. The summed E-state index contributed by atoms with van der Waals surface area (Å²) in [6.45, 7) is 4.62. The molecule has 2 aliphatic rings. The smallest absolute Gasteiger partial charge is 0.161 e. The maximum atomic E-state index is 5.73. The molecule has 1 saturated carbocycles. The summed E-state index contributed by atoms with van der Waals surface area (Å²) in [4.78, 5) is 0. The molecule has 1 heterocycles. The summed E-state index contributed by atoms with van der Waals surface area (Å²) < 4.78 is 11.3. The van der Waals surface area contributed by atoms with Gasteiger partial charge in [-0.1, -0.05) is 25.8 Å². The lowest BCUT2D eigenvalue weighted by Crippen LogP contribution is -2.28. The Morgan fingerprint density at radius 2 is 1.90 bits per heavy atom. The summed E-state index contributed by atoms with van der Waals surface area (Å²) in [5.41, 5.74) is 1.36. The van der Waals surface area contributed by atoms with Crippen LogP contribution < -0.4 is 14.8 Å². The largest absolute Gasteiger partial charge is 0.486 e. The van der Waals surface area contributed by atoms with Crippen molar-refractivity contribution in [2.75, 3.05) is 19.8 Å². The lowest BCUT2D eigenvalue weighted by molar-refractivity contribution is 0.171. The minimum absolute atomic E-state index is 0.466. The molecule has 1 aliphatic heterocycles. The summed E-state index contributed by atoms with van der Waals surface area (Å²) in [5, 5.41) is 3.74. The first-order valence-corrected chi connectivity index (χ1v) is 8.01. The molecular formula is C17H25NO2. The van der Waals surface area contributed by atoms with E-state index in [0.29, 0.717) is 19.3 Å².